The van der Waals surface area contributed by atoms with E-state index in [1.54, 1.807) is 40.7 Å². The number of aryl methyl sites for hydroxylation is 1. The fourth-order valence-electron chi connectivity index (χ4n) is 4.34. The van der Waals surface area contributed by atoms with E-state index in [-0.39, 0.29) is 18.8 Å². The molecule has 1 aliphatic rings. The van der Waals surface area contributed by atoms with Gasteiger partial charge in [0.1, 0.15) is 11.3 Å². The van der Waals surface area contributed by atoms with E-state index in [9.17, 15) is 19.8 Å². The number of ether oxygens (including phenoxy) is 1. The van der Waals surface area contributed by atoms with Crippen LogP contribution < -0.4 is 5.32 Å². The maximum absolute atomic E-state index is 13.1. The summed E-state index contributed by atoms with van der Waals surface area (Å²) in [4.78, 5) is 30.5. The van der Waals surface area contributed by atoms with Gasteiger partial charge in [-0.25, -0.2) is 4.98 Å². The molecule has 9 heteroatoms. The highest BCUT2D eigenvalue weighted by Crippen LogP contribution is 2.31. The van der Waals surface area contributed by atoms with Gasteiger partial charge in [-0.1, -0.05) is 44.5 Å². The van der Waals surface area contributed by atoms with Gasteiger partial charge in [0.05, 0.1) is 42.8 Å². The number of ketones is 1. The lowest BCUT2D eigenvalue weighted by atomic mass is 9.74. The van der Waals surface area contributed by atoms with Gasteiger partial charge < -0.3 is 24.7 Å². The van der Waals surface area contributed by atoms with Crippen LogP contribution in [0.25, 0.3) is 11.1 Å². The fraction of sp³-hybridized carbons (Fsp3) is 0.577. The van der Waals surface area contributed by atoms with Crippen molar-refractivity contribution >= 4 is 34.4 Å². The Bertz CT molecular complexity index is 1090. The van der Waals surface area contributed by atoms with Crippen LogP contribution in [0.4, 0.5) is 0 Å². The number of Topliss-reactive ketones (excluding diaryl/α,β-unsaturated/α-hetero) is 1. The molecule has 0 aliphatic carbocycles. The molecule has 1 amide bonds. The number of fused-ring (bicyclic) bond motifs is 1. The second kappa shape index (κ2) is 11.2. The Morgan fingerprint density at radius 3 is 2.63 bits per heavy atom. The zero-order valence-corrected chi connectivity index (χ0v) is 21.6. The summed E-state index contributed by atoms with van der Waals surface area (Å²) in [6.45, 7) is 8.52. The standard InChI is InChI=1S/C26H35ClN2O6/c1-14-24(32)15(2)34-11-10-18(27)7-8-19(17-6-9-21-20(12-17)28-16(3)35-21)29-23(31)13-22(30)26(4,5)25(14)33/h6-7,9,12,14-15,19,22,24,30,32H,8,10-11,13H2,1-5H3,(H,29,31)/b18-7-/t14-,15+,19+,22+,24+/m1/s1. The summed E-state index contributed by atoms with van der Waals surface area (Å²) in [7, 11) is 0. The molecule has 0 unspecified atom stereocenters. The highest BCUT2D eigenvalue weighted by Gasteiger charge is 2.42. The van der Waals surface area contributed by atoms with Crippen LogP contribution >= 0.6 is 11.6 Å². The van der Waals surface area contributed by atoms with Crippen molar-refractivity contribution in [2.75, 3.05) is 6.61 Å². The van der Waals surface area contributed by atoms with Crippen molar-refractivity contribution in [3.63, 3.8) is 0 Å². The third kappa shape index (κ3) is 6.50. The largest absolute Gasteiger partial charge is 0.441 e. The molecule has 0 bridgehead atoms. The minimum atomic E-state index is -1.25. The van der Waals surface area contributed by atoms with Gasteiger partial charge in [0.15, 0.2) is 11.5 Å². The van der Waals surface area contributed by atoms with Crippen LogP contribution in [0.1, 0.15) is 64.5 Å². The molecule has 2 aromatic rings. The molecule has 3 N–H and O–H groups in total. The van der Waals surface area contributed by atoms with Crippen molar-refractivity contribution in [1.29, 1.82) is 0 Å². The van der Waals surface area contributed by atoms with Crippen molar-refractivity contribution in [2.45, 2.75) is 78.2 Å². The first-order valence-corrected chi connectivity index (χ1v) is 12.3. The lowest BCUT2D eigenvalue weighted by molar-refractivity contribution is -0.145. The third-order valence-corrected chi connectivity index (χ3v) is 7.15. The van der Waals surface area contributed by atoms with Gasteiger partial charge in [0.25, 0.3) is 0 Å². The van der Waals surface area contributed by atoms with Crippen molar-refractivity contribution in [1.82, 2.24) is 10.3 Å². The highest BCUT2D eigenvalue weighted by molar-refractivity contribution is 6.29. The summed E-state index contributed by atoms with van der Waals surface area (Å²) >= 11 is 6.41. The number of nitrogens with zero attached hydrogens (tertiary/aromatic N) is 1. The normalized spacial score (nSPS) is 31.1. The third-order valence-electron chi connectivity index (χ3n) is 6.81. The molecule has 8 nitrogen and oxygen atoms in total. The quantitative estimate of drug-likeness (QED) is 0.535. The molecule has 0 spiro atoms. The van der Waals surface area contributed by atoms with E-state index < -0.39 is 41.6 Å². The molecule has 1 aromatic heterocycles. The van der Waals surface area contributed by atoms with Crippen LogP contribution in [0.5, 0.6) is 0 Å². The summed E-state index contributed by atoms with van der Waals surface area (Å²) in [6, 6.07) is 5.08. The number of oxazole rings is 1. The first-order chi connectivity index (χ1) is 16.4. The maximum Gasteiger partial charge on any atom is 0.223 e. The average molecular weight is 507 g/mol. The van der Waals surface area contributed by atoms with Crippen molar-refractivity contribution in [2.24, 2.45) is 11.3 Å². The zero-order valence-electron chi connectivity index (χ0n) is 20.9. The average Bonchev–Trinajstić information content (AvgIpc) is 3.18. The molecular formula is C26H35ClN2O6. The summed E-state index contributed by atoms with van der Waals surface area (Å²) in [5, 5.41) is 25.0. The first kappa shape index (κ1) is 27.3. The van der Waals surface area contributed by atoms with Crippen LogP contribution in [-0.4, -0.2) is 51.8 Å². The topological polar surface area (TPSA) is 122 Å². The van der Waals surface area contributed by atoms with Gasteiger partial charge in [-0.3, -0.25) is 9.59 Å². The number of benzene rings is 1. The molecule has 0 radical (unpaired) electrons. The van der Waals surface area contributed by atoms with Gasteiger partial charge in [-0.05, 0) is 31.0 Å². The van der Waals surface area contributed by atoms with Gasteiger partial charge in [-0.2, -0.15) is 0 Å². The smallest absolute Gasteiger partial charge is 0.223 e. The number of hydrogen-bond acceptors (Lipinski definition) is 7. The Kier molecular flexibility index (Phi) is 8.75. The van der Waals surface area contributed by atoms with Crippen LogP contribution in [0.2, 0.25) is 0 Å². The molecule has 1 aliphatic heterocycles. The molecule has 192 valence electrons. The van der Waals surface area contributed by atoms with Crippen LogP contribution in [-0.2, 0) is 14.3 Å². The molecule has 35 heavy (non-hydrogen) atoms. The maximum atomic E-state index is 13.1. The van der Waals surface area contributed by atoms with Gasteiger partial charge in [0.2, 0.25) is 5.91 Å². The van der Waals surface area contributed by atoms with Gasteiger partial charge in [-0.15, -0.1) is 0 Å². The van der Waals surface area contributed by atoms with E-state index in [0.29, 0.717) is 34.9 Å². The number of hydrogen-bond donors (Lipinski definition) is 3. The molecular weight excluding hydrogens is 472 g/mol. The van der Waals surface area contributed by atoms with Crippen molar-refractivity contribution in [3.05, 3.63) is 40.8 Å². The number of rotatable bonds is 1. The molecule has 0 saturated carbocycles. The summed E-state index contributed by atoms with van der Waals surface area (Å²) in [5.41, 5.74) is 0.896. The van der Waals surface area contributed by atoms with E-state index in [2.05, 4.69) is 10.3 Å². The number of nitrogens with one attached hydrogen (secondary N) is 1. The Labute approximate surface area is 210 Å². The Morgan fingerprint density at radius 1 is 1.20 bits per heavy atom. The Hall–Kier alpha value is -2.26. The van der Waals surface area contributed by atoms with E-state index >= 15 is 0 Å². The van der Waals surface area contributed by atoms with Crippen molar-refractivity contribution in [3.8, 4) is 0 Å². The van der Waals surface area contributed by atoms with Crippen LogP contribution in [0.15, 0.2) is 33.7 Å². The van der Waals surface area contributed by atoms with E-state index in [0.717, 1.165) is 5.56 Å². The molecule has 0 fully saturated rings. The Morgan fingerprint density at radius 2 is 1.91 bits per heavy atom. The van der Waals surface area contributed by atoms with Gasteiger partial charge >= 0.3 is 0 Å². The predicted octanol–water partition coefficient (Wildman–Crippen LogP) is 3.96. The number of carbonyl (C=O) groups is 2. The molecule has 2 heterocycles. The highest BCUT2D eigenvalue weighted by atomic mass is 35.5. The predicted molar refractivity (Wildman–Crippen MR) is 133 cm³/mol. The second-order valence-electron chi connectivity index (χ2n) is 9.88. The summed E-state index contributed by atoms with van der Waals surface area (Å²) < 4.78 is 11.3. The zero-order chi connectivity index (χ0) is 25.9. The lowest BCUT2D eigenvalue weighted by Gasteiger charge is -2.34. The number of aliphatic hydroxyl groups excluding tert-OH is 2. The number of aromatic nitrogens is 1. The minimum absolute atomic E-state index is 0.266. The number of carbonyl (C=O) groups excluding carboxylic acids is 2. The molecule has 0 saturated heterocycles. The van der Waals surface area contributed by atoms with Crippen LogP contribution in [0.3, 0.4) is 0 Å². The fourth-order valence-corrected chi connectivity index (χ4v) is 4.51. The monoisotopic (exact) mass is 506 g/mol. The van der Waals surface area contributed by atoms with E-state index in [1.807, 2.05) is 18.2 Å². The van der Waals surface area contributed by atoms with E-state index in [4.69, 9.17) is 20.8 Å². The summed E-state index contributed by atoms with van der Waals surface area (Å²) in [6.07, 6.45) is -0.519. The minimum Gasteiger partial charge on any atom is -0.441 e. The van der Waals surface area contributed by atoms with Crippen LogP contribution in [0, 0.1) is 18.3 Å². The molecule has 3 rings (SSSR count). The second-order valence-corrected chi connectivity index (χ2v) is 10.4. The summed E-state index contributed by atoms with van der Waals surface area (Å²) in [5.74, 6) is -0.983. The number of aliphatic hydroxyl groups is 2. The molecule has 1 aromatic carbocycles. The molecule has 5 atom stereocenters. The SMILES string of the molecule is Cc1nc2cc([C@@H]3C/C=C(\Cl)CCO[C@@H](C)[C@@H](O)[C@@H](C)C(=O)C(C)(C)[C@@H](O)CC(=O)N3)ccc2o1. The van der Waals surface area contributed by atoms with Gasteiger partial charge in [0, 0.05) is 24.3 Å². The lowest BCUT2D eigenvalue weighted by Crippen LogP contribution is -2.47. The number of halogens is 1. The number of amides is 1. The van der Waals surface area contributed by atoms with E-state index in [1.165, 1.54) is 0 Å². The van der Waals surface area contributed by atoms with Crippen molar-refractivity contribution < 1.29 is 29.0 Å². The Balaban J connectivity index is 1.91. The first-order valence-electron chi connectivity index (χ1n) is 11.9.